The summed E-state index contributed by atoms with van der Waals surface area (Å²) in [6, 6.07) is 19.1. The Hall–Kier alpha value is -3.50. The minimum atomic E-state index is -4.12. The number of ether oxygens (including phenoxy) is 1. The van der Waals surface area contributed by atoms with E-state index in [0.717, 1.165) is 9.20 Å². The number of sulfonamides is 1. The second-order valence-electron chi connectivity index (χ2n) is 7.08. The van der Waals surface area contributed by atoms with Crippen LogP contribution in [-0.4, -0.2) is 39.6 Å². The van der Waals surface area contributed by atoms with E-state index in [4.69, 9.17) is 10.5 Å². The zero-order chi connectivity index (χ0) is 24.7. The first-order valence-electron chi connectivity index (χ1n) is 10.3. The number of benzene rings is 3. The Morgan fingerprint density at radius 1 is 1.03 bits per heavy atom. The molecule has 34 heavy (non-hydrogen) atoms. The number of anilines is 2. The molecule has 0 radical (unpaired) electrons. The predicted molar refractivity (Wildman–Crippen MR) is 134 cm³/mol. The van der Waals surface area contributed by atoms with E-state index in [1.807, 2.05) is 6.26 Å². The van der Waals surface area contributed by atoms with Crippen molar-refractivity contribution in [2.45, 2.75) is 16.7 Å². The number of hydrogen-bond donors (Lipinski definition) is 2. The highest BCUT2D eigenvalue weighted by molar-refractivity contribution is 7.98. The highest BCUT2D eigenvalue weighted by Crippen LogP contribution is 2.33. The number of thioether (sulfide) groups is 1. The van der Waals surface area contributed by atoms with Crippen molar-refractivity contribution in [3.63, 3.8) is 0 Å². The van der Waals surface area contributed by atoms with Crippen LogP contribution in [0.25, 0.3) is 0 Å². The largest absolute Gasteiger partial charge is 0.492 e. The van der Waals surface area contributed by atoms with Crippen molar-refractivity contribution in [2.75, 3.05) is 29.0 Å². The minimum absolute atomic E-state index is 0.0418. The van der Waals surface area contributed by atoms with Gasteiger partial charge in [0.15, 0.2) is 0 Å². The van der Waals surface area contributed by atoms with E-state index >= 15 is 0 Å². The molecule has 0 saturated heterocycles. The number of rotatable bonds is 10. The Morgan fingerprint density at radius 3 is 2.38 bits per heavy atom. The second kappa shape index (κ2) is 11.1. The van der Waals surface area contributed by atoms with E-state index in [2.05, 4.69) is 5.32 Å². The Kier molecular flexibility index (Phi) is 8.19. The molecule has 0 fully saturated rings. The van der Waals surface area contributed by atoms with Gasteiger partial charge in [-0.1, -0.05) is 18.2 Å². The number of amides is 2. The van der Waals surface area contributed by atoms with Crippen molar-refractivity contribution >= 4 is 45.0 Å². The number of primary amides is 1. The molecule has 10 heteroatoms. The van der Waals surface area contributed by atoms with Crippen molar-refractivity contribution in [1.29, 1.82) is 0 Å². The molecule has 0 spiro atoms. The molecular formula is C24H25N3O5S2. The first kappa shape index (κ1) is 25.1. The normalized spacial score (nSPS) is 11.0. The molecule has 0 unspecified atom stereocenters. The molecule has 0 aliphatic carbocycles. The molecule has 3 aromatic rings. The fraction of sp³-hybridized carbons (Fsp3) is 0.167. The zero-order valence-electron chi connectivity index (χ0n) is 18.7. The molecule has 0 aliphatic heterocycles. The maximum absolute atomic E-state index is 13.6. The van der Waals surface area contributed by atoms with Gasteiger partial charge in [-0.15, -0.1) is 11.8 Å². The summed E-state index contributed by atoms with van der Waals surface area (Å²) < 4.78 is 33.9. The Balaban J connectivity index is 1.99. The van der Waals surface area contributed by atoms with E-state index in [9.17, 15) is 18.0 Å². The SMILES string of the molecule is CCOc1ccccc1N(CC(=O)Nc1cccc(C(N)=O)c1)S(=O)(=O)c1ccc(SC)cc1. The first-order chi connectivity index (χ1) is 16.3. The van der Waals surface area contributed by atoms with Gasteiger partial charge in [0.2, 0.25) is 11.8 Å². The van der Waals surface area contributed by atoms with Crippen LogP contribution in [0.2, 0.25) is 0 Å². The summed E-state index contributed by atoms with van der Waals surface area (Å²) in [5.41, 5.74) is 6.08. The quantitative estimate of drug-likeness (QED) is 0.410. The van der Waals surface area contributed by atoms with Crippen LogP contribution in [0.5, 0.6) is 5.75 Å². The van der Waals surface area contributed by atoms with E-state index in [0.29, 0.717) is 18.0 Å². The lowest BCUT2D eigenvalue weighted by Crippen LogP contribution is -2.38. The van der Waals surface area contributed by atoms with Crippen LogP contribution in [0.1, 0.15) is 17.3 Å². The van der Waals surface area contributed by atoms with Gasteiger partial charge in [0.05, 0.1) is 17.2 Å². The van der Waals surface area contributed by atoms with Crippen LogP contribution in [0.4, 0.5) is 11.4 Å². The monoisotopic (exact) mass is 499 g/mol. The molecule has 3 N–H and O–H groups in total. The van der Waals surface area contributed by atoms with Crippen molar-refractivity contribution in [1.82, 2.24) is 0 Å². The molecule has 0 atom stereocenters. The van der Waals surface area contributed by atoms with Crippen LogP contribution in [-0.2, 0) is 14.8 Å². The van der Waals surface area contributed by atoms with Crippen LogP contribution in [0.3, 0.4) is 0 Å². The van der Waals surface area contributed by atoms with Crippen LogP contribution >= 0.6 is 11.8 Å². The molecule has 0 aliphatic rings. The van der Waals surface area contributed by atoms with Gasteiger partial charge in [-0.2, -0.15) is 0 Å². The molecule has 178 valence electrons. The number of para-hydroxylation sites is 2. The average molecular weight is 500 g/mol. The van der Waals surface area contributed by atoms with Crippen molar-refractivity contribution in [2.24, 2.45) is 5.73 Å². The molecule has 0 bridgehead atoms. The Morgan fingerprint density at radius 2 is 1.74 bits per heavy atom. The highest BCUT2D eigenvalue weighted by Gasteiger charge is 2.29. The summed E-state index contributed by atoms with van der Waals surface area (Å²) in [6.07, 6.45) is 1.89. The standard InChI is InChI=1S/C24H25N3O5S2/c1-3-32-22-10-5-4-9-21(22)27(34(30,31)20-13-11-19(33-2)12-14-20)16-23(28)26-18-8-6-7-17(15-18)24(25)29/h4-15H,3,16H2,1-2H3,(H2,25,29)(H,26,28). The van der Waals surface area contributed by atoms with Gasteiger partial charge < -0.3 is 15.8 Å². The lowest BCUT2D eigenvalue weighted by atomic mass is 10.2. The summed E-state index contributed by atoms with van der Waals surface area (Å²) in [7, 11) is -4.12. The van der Waals surface area contributed by atoms with Gasteiger partial charge in [0.1, 0.15) is 12.3 Å². The summed E-state index contributed by atoms with van der Waals surface area (Å²) in [5.74, 6) is -0.908. The molecule has 8 nitrogen and oxygen atoms in total. The third kappa shape index (κ3) is 5.89. The van der Waals surface area contributed by atoms with E-state index in [1.165, 1.54) is 36.0 Å². The average Bonchev–Trinajstić information content (AvgIpc) is 2.83. The third-order valence-electron chi connectivity index (χ3n) is 4.80. The number of carbonyl (C=O) groups excluding carboxylic acids is 2. The fourth-order valence-electron chi connectivity index (χ4n) is 3.20. The Labute approximate surface area is 203 Å². The molecular weight excluding hydrogens is 474 g/mol. The maximum Gasteiger partial charge on any atom is 0.264 e. The molecule has 3 rings (SSSR count). The number of nitrogens with zero attached hydrogens (tertiary/aromatic N) is 1. The molecule has 2 amide bonds. The van der Waals surface area contributed by atoms with Crippen LogP contribution < -0.4 is 20.1 Å². The molecule has 0 heterocycles. The van der Waals surface area contributed by atoms with Gasteiger partial charge in [0, 0.05) is 16.1 Å². The minimum Gasteiger partial charge on any atom is -0.492 e. The number of nitrogens with two attached hydrogens (primary N) is 1. The van der Waals surface area contributed by atoms with Gasteiger partial charge in [-0.25, -0.2) is 8.42 Å². The fourth-order valence-corrected chi connectivity index (χ4v) is 5.04. The molecule has 0 saturated carbocycles. The van der Waals surface area contributed by atoms with Crippen LogP contribution in [0.15, 0.2) is 82.6 Å². The van der Waals surface area contributed by atoms with Gasteiger partial charge in [-0.3, -0.25) is 13.9 Å². The molecule has 0 aromatic heterocycles. The third-order valence-corrected chi connectivity index (χ3v) is 7.32. The number of carbonyl (C=O) groups is 2. The summed E-state index contributed by atoms with van der Waals surface area (Å²) >= 11 is 1.49. The van der Waals surface area contributed by atoms with Crippen molar-refractivity contribution in [3.05, 3.63) is 78.4 Å². The summed E-state index contributed by atoms with van der Waals surface area (Å²) in [6.45, 7) is 1.59. The van der Waals surface area contributed by atoms with E-state index in [-0.39, 0.29) is 16.1 Å². The zero-order valence-corrected chi connectivity index (χ0v) is 20.4. The number of hydrogen-bond acceptors (Lipinski definition) is 6. The van der Waals surface area contributed by atoms with Crippen LogP contribution in [0, 0.1) is 0 Å². The number of nitrogens with one attached hydrogen (secondary N) is 1. The first-order valence-corrected chi connectivity index (χ1v) is 13.0. The van der Waals surface area contributed by atoms with Crippen molar-refractivity contribution < 1.29 is 22.7 Å². The second-order valence-corrected chi connectivity index (χ2v) is 9.82. The smallest absolute Gasteiger partial charge is 0.264 e. The summed E-state index contributed by atoms with van der Waals surface area (Å²) in [4.78, 5) is 25.3. The topological polar surface area (TPSA) is 119 Å². The maximum atomic E-state index is 13.6. The van der Waals surface area contributed by atoms with Gasteiger partial charge in [-0.05, 0) is 67.8 Å². The Bertz CT molecular complexity index is 1280. The van der Waals surface area contributed by atoms with Gasteiger partial charge >= 0.3 is 0 Å². The summed E-state index contributed by atoms with van der Waals surface area (Å²) in [5, 5.41) is 2.63. The van der Waals surface area contributed by atoms with E-state index < -0.39 is 28.4 Å². The highest BCUT2D eigenvalue weighted by atomic mass is 32.2. The lowest BCUT2D eigenvalue weighted by molar-refractivity contribution is -0.114. The predicted octanol–water partition coefficient (Wildman–Crippen LogP) is 3.74. The lowest BCUT2D eigenvalue weighted by Gasteiger charge is -2.26. The van der Waals surface area contributed by atoms with E-state index in [1.54, 1.807) is 55.5 Å². The van der Waals surface area contributed by atoms with Gasteiger partial charge in [0.25, 0.3) is 10.0 Å². The molecule has 3 aromatic carbocycles. The van der Waals surface area contributed by atoms with Crippen molar-refractivity contribution in [3.8, 4) is 5.75 Å².